The summed E-state index contributed by atoms with van der Waals surface area (Å²) in [5.74, 6) is 0.223. The summed E-state index contributed by atoms with van der Waals surface area (Å²) in [7, 11) is 1.53. The van der Waals surface area contributed by atoms with Gasteiger partial charge in [-0.1, -0.05) is 0 Å². The third-order valence-corrected chi connectivity index (χ3v) is 3.57. The lowest BCUT2D eigenvalue weighted by Gasteiger charge is -2.21. The van der Waals surface area contributed by atoms with Crippen LogP contribution >= 0.6 is 0 Å². The molecule has 1 aliphatic rings. The van der Waals surface area contributed by atoms with Crippen LogP contribution in [-0.2, 0) is 0 Å². The summed E-state index contributed by atoms with van der Waals surface area (Å²) in [6.07, 6.45) is -1.25. The number of anilines is 1. The molecule has 0 saturated carbocycles. The first-order valence-electron chi connectivity index (χ1n) is 6.47. The van der Waals surface area contributed by atoms with E-state index in [1.165, 1.54) is 30.2 Å². The average Bonchev–Trinajstić information content (AvgIpc) is 2.78. The summed E-state index contributed by atoms with van der Waals surface area (Å²) in [6.45, 7) is 0. The number of carbonyl (C=O) groups is 1. The Morgan fingerprint density at radius 2 is 1.91 bits per heavy atom. The molecule has 0 bridgehead atoms. The molecule has 2 aromatic rings. The lowest BCUT2D eigenvalue weighted by Crippen LogP contribution is -2.27. The van der Waals surface area contributed by atoms with Crippen molar-refractivity contribution in [1.82, 2.24) is 0 Å². The van der Waals surface area contributed by atoms with Crippen LogP contribution < -0.4 is 9.64 Å². The number of rotatable bonds is 3. The van der Waals surface area contributed by atoms with Crippen LogP contribution in [0.25, 0.3) is 0 Å². The average molecular weight is 300 g/mol. The number of aliphatic hydroxyl groups is 1. The highest BCUT2D eigenvalue weighted by Crippen LogP contribution is 2.37. The number of hydrogen-bond acceptors (Lipinski definition) is 5. The maximum Gasteiger partial charge on any atom is 0.269 e. The number of methoxy groups -OCH3 is 1. The van der Waals surface area contributed by atoms with Crippen molar-refractivity contribution < 1.29 is 19.6 Å². The Balaban J connectivity index is 2.01. The molecule has 1 heterocycles. The first kappa shape index (κ1) is 14.0. The van der Waals surface area contributed by atoms with Gasteiger partial charge in [0, 0.05) is 28.9 Å². The number of benzene rings is 2. The van der Waals surface area contributed by atoms with E-state index in [0.29, 0.717) is 11.4 Å². The van der Waals surface area contributed by atoms with Crippen LogP contribution in [0, 0.1) is 10.1 Å². The number of hydrogen-bond donors (Lipinski definition) is 1. The molecular weight excluding hydrogens is 288 g/mol. The highest BCUT2D eigenvalue weighted by atomic mass is 16.6. The first-order chi connectivity index (χ1) is 10.5. The standard InChI is InChI=1S/C15H12N2O5/c1-22-11-5-2-9(3-6-11)16-14(18)12-7-4-10(17(20)21)8-13(12)15(16)19/h2-8,15,19H,1H3. The number of amides is 1. The Labute approximate surface area is 125 Å². The van der Waals surface area contributed by atoms with Crippen molar-refractivity contribution in [3.05, 3.63) is 63.7 Å². The quantitative estimate of drug-likeness (QED) is 0.693. The predicted molar refractivity (Wildman–Crippen MR) is 77.9 cm³/mol. The normalized spacial score (nSPS) is 16.5. The predicted octanol–water partition coefficient (Wildman–Crippen LogP) is 2.25. The summed E-state index contributed by atoms with van der Waals surface area (Å²) in [4.78, 5) is 23.9. The number of aliphatic hydroxyl groups excluding tert-OH is 1. The number of carbonyl (C=O) groups excluding carboxylic acids is 1. The number of fused-ring (bicyclic) bond motifs is 1. The molecule has 2 aromatic carbocycles. The third-order valence-electron chi connectivity index (χ3n) is 3.57. The molecule has 1 atom stereocenters. The van der Waals surface area contributed by atoms with Crippen LogP contribution in [0.15, 0.2) is 42.5 Å². The van der Waals surface area contributed by atoms with Crippen LogP contribution in [0.5, 0.6) is 5.75 Å². The summed E-state index contributed by atoms with van der Waals surface area (Å²) < 4.78 is 5.05. The zero-order chi connectivity index (χ0) is 15.9. The Morgan fingerprint density at radius 3 is 2.50 bits per heavy atom. The van der Waals surface area contributed by atoms with E-state index < -0.39 is 17.1 Å². The molecule has 0 aromatic heterocycles. The summed E-state index contributed by atoms with van der Waals surface area (Å²) >= 11 is 0. The first-order valence-corrected chi connectivity index (χ1v) is 6.47. The van der Waals surface area contributed by atoms with E-state index in [-0.39, 0.29) is 16.8 Å². The van der Waals surface area contributed by atoms with E-state index in [1.54, 1.807) is 24.3 Å². The van der Waals surface area contributed by atoms with Gasteiger partial charge in [-0.25, -0.2) is 0 Å². The smallest absolute Gasteiger partial charge is 0.269 e. The number of nitro groups is 1. The van der Waals surface area contributed by atoms with Crippen molar-refractivity contribution in [3.8, 4) is 5.75 Å². The fourth-order valence-electron chi connectivity index (χ4n) is 2.45. The summed E-state index contributed by atoms with van der Waals surface area (Å²) in [5, 5.41) is 21.2. The van der Waals surface area contributed by atoms with Crippen molar-refractivity contribution in [1.29, 1.82) is 0 Å². The Hall–Kier alpha value is -2.93. The maximum absolute atomic E-state index is 12.4. The van der Waals surface area contributed by atoms with E-state index in [0.717, 1.165) is 0 Å². The van der Waals surface area contributed by atoms with E-state index >= 15 is 0 Å². The van der Waals surface area contributed by atoms with Gasteiger partial charge in [0.05, 0.1) is 12.0 Å². The van der Waals surface area contributed by atoms with Crippen molar-refractivity contribution in [2.45, 2.75) is 6.23 Å². The van der Waals surface area contributed by atoms with Crippen molar-refractivity contribution in [2.75, 3.05) is 12.0 Å². The molecule has 0 saturated heterocycles. The Morgan fingerprint density at radius 1 is 1.23 bits per heavy atom. The molecular formula is C15H12N2O5. The fraction of sp³-hybridized carbons (Fsp3) is 0.133. The second-order valence-electron chi connectivity index (χ2n) is 4.78. The van der Waals surface area contributed by atoms with E-state index in [9.17, 15) is 20.0 Å². The monoisotopic (exact) mass is 300 g/mol. The van der Waals surface area contributed by atoms with E-state index in [2.05, 4.69) is 0 Å². The van der Waals surface area contributed by atoms with Crippen LogP contribution in [0.1, 0.15) is 22.1 Å². The lowest BCUT2D eigenvalue weighted by molar-refractivity contribution is -0.385. The van der Waals surface area contributed by atoms with Crippen molar-refractivity contribution in [2.24, 2.45) is 0 Å². The molecule has 112 valence electrons. The van der Waals surface area contributed by atoms with Crippen molar-refractivity contribution in [3.63, 3.8) is 0 Å². The highest BCUT2D eigenvalue weighted by Gasteiger charge is 2.37. The molecule has 22 heavy (non-hydrogen) atoms. The van der Waals surface area contributed by atoms with Crippen LogP contribution in [0.3, 0.4) is 0 Å². The van der Waals surface area contributed by atoms with Gasteiger partial charge in [-0.15, -0.1) is 0 Å². The molecule has 1 amide bonds. The van der Waals surface area contributed by atoms with Gasteiger partial charge in [-0.3, -0.25) is 19.8 Å². The minimum absolute atomic E-state index is 0.165. The second kappa shape index (κ2) is 5.12. The van der Waals surface area contributed by atoms with Gasteiger partial charge in [-0.2, -0.15) is 0 Å². The largest absolute Gasteiger partial charge is 0.497 e. The second-order valence-corrected chi connectivity index (χ2v) is 4.78. The van der Waals surface area contributed by atoms with Crippen LogP contribution in [0.4, 0.5) is 11.4 Å². The van der Waals surface area contributed by atoms with Gasteiger partial charge < -0.3 is 9.84 Å². The molecule has 1 aliphatic heterocycles. The number of nitro benzene ring substituents is 1. The zero-order valence-electron chi connectivity index (χ0n) is 11.6. The molecule has 0 spiro atoms. The summed E-state index contributed by atoms with van der Waals surface area (Å²) in [5.41, 5.74) is 0.809. The lowest BCUT2D eigenvalue weighted by atomic mass is 10.1. The number of nitrogens with zero attached hydrogens (tertiary/aromatic N) is 2. The zero-order valence-corrected chi connectivity index (χ0v) is 11.6. The van der Waals surface area contributed by atoms with Gasteiger partial charge in [-0.05, 0) is 30.3 Å². The molecule has 7 nitrogen and oxygen atoms in total. The Bertz CT molecular complexity index is 757. The van der Waals surface area contributed by atoms with Gasteiger partial charge in [0.2, 0.25) is 0 Å². The minimum atomic E-state index is -1.25. The summed E-state index contributed by atoms with van der Waals surface area (Å²) in [6, 6.07) is 10.5. The molecule has 0 fully saturated rings. The van der Waals surface area contributed by atoms with E-state index in [1.807, 2.05) is 0 Å². The van der Waals surface area contributed by atoms with Gasteiger partial charge >= 0.3 is 0 Å². The molecule has 0 aliphatic carbocycles. The van der Waals surface area contributed by atoms with Gasteiger partial charge in [0.15, 0.2) is 6.23 Å². The molecule has 1 N–H and O–H groups in total. The third kappa shape index (κ3) is 2.08. The van der Waals surface area contributed by atoms with Crippen LogP contribution in [0.2, 0.25) is 0 Å². The van der Waals surface area contributed by atoms with Crippen molar-refractivity contribution >= 4 is 17.3 Å². The Kier molecular flexibility index (Phi) is 3.26. The molecule has 3 rings (SSSR count). The van der Waals surface area contributed by atoms with Gasteiger partial charge in [0.25, 0.3) is 11.6 Å². The molecule has 0 radical (unpaired) electrons. The molecule has 1 unspecified atom stereocenters. The number of ether oxygens (including phenoxy) is 1. The highest BCUT2D eigenvalue weighted by molar-refractivity contribution is 6.10. The van der Waals surface area contributed by atoms with Gasteiger partial charge in [0.1, 0.15) is 5.75 Å². The number of non-ortho nitro benzene ring substituents is 1. The minimum Gasteiger partial charge on any atom is -0.497 e. The van der Waals surface area contributed by atoms with Crippen LogP contribution in [-0.4, -0.2) is 23.0 Å². The molecule has 7 heteroatoms. The SMILES string of the molecule is COc1ccc(N2C(=O)c3ccc([N+](=O)[O-])cc3C2O)cc1. The maximum atomic E-state index is 12.4. The topological polar surface area (TPSA) is 92.9 Å². The van der Waals surface area contributed by atoms with E-state index in [4.69, 9.17) is 4.74 Å². The fourth-order valence-corrected chi connectivity index (χ4v) is 2.45.